The monoisotopic (exact) mass is 344 g/mol. The van der Waals surface area contributed by atoms with Gasteiger partial charge in [0.2, 0.25) is 5.91 Å². The first-order valence-electron chi connectivity index (χ1n) is 7.90. The summed E-state index contributed by atoms with van der Waals surface area (Å²) < 4.78 is 5.85. The maximum Gasteiger partial charge on any atom is 0.317 e. The highest BCUT2D eigenvalue weighted by Crippen LogP contribution is 2.20. The molecule has 1 amide bonds. The lowest BCUT2D eigenvalue weighted by Crippen LogP contribution is -2.32. The standard InChI is InChI=1S/C17H20N4O2S/c1-12-9-13(2)20-17(19-12)23-14-5-8-21(10-14)16(22)11-24-15-3-6-18-7-4-15/h3-4,6-7,9,14H,5,8,10-11H2,1-2H3/t14-/m0/s1. The number of ether oxygens (including phenoxy) is 1. The Morgan fingerprint density at radius 1 is 1.29 bits per heavy atom. The summed E-state index contributed by atoms with van der Waals surface area (Å²) in [5, 5.41) is 0. The minimum atomic E-state index is -0.0407. The van der Waals surface area contributed by atoms with Crippen molar-refractivity contribution in [2.24, 2.45) is 0 Å². The first kappa shape index (κ1) is 16.7. The van der Waals surface area contributed by atoms with Crippen molar-refractivity contribution in [2.45, 2.75) is 31.3 Å². The minimum absolute atomic E-state index is 0.0407. The van der Waals surface area contributed by atoms with Crippen LogP contribution in [0.25, 0.3) is 0 Å². The van der Waals surface area contributed by atoms with Crippen molar-refractivity contribution in [1.82, 2.24) is 19.9 Å². The van der Waals surface area contributed by atoms with Crippen LogP contribution in [0.15, 0.2) is 35.5 Å². The predicted octanol–water partition coefficient (Wildman–Crippen LogP) is 2.26. The van der Waals surface area contributed by atoms with Crippen LogP contribution in [-0.4, -0.2) is 50.7 Å². The van der Waals surface area contributed by atoms with Crippen LogP contribution < -0.4 is 4.74 Å². The fourth-order valence-electron chi connectivity index (χ4n) is 2.62. The molecule has 0 saturated carbocycles. The number of pyridine rings is 1. The highest BCUT2D eigenvalue weighted by Gasteiger charge is 2.28. The number of aromatic nitrogens is 3. The number of nitrogens with zero attached hydrogens (tertiary/aromatic N) is 4. The normalized spacial score (nSPS) is 17.1. The van der Waals surface area contributed by atoms with Crippen LogP contribution in [0.1, 0.15) is 17.8 Å². The number of carbonyl (C=O) groups is 1. The Bertz CT molecular complexity index is 691. The van der Waals surface area contributed by atoms with Gasteiger partial charge < -0.3 is 9.64 Å². The van der Waals surface area contributed by atoms with Gasteiger partial charge in [-0.05, 0) is 32.0 Å². The lowest BCUT2D eigenvalue weighted by molar-refractivity contribution is -0.127. The highest BCUT2D eigenvalue weighted by molar-refractivity contribution is 8.00. The van der Waals surface area contributed by atoms with E-state index in [1.54, 1.807) is 12.4 Å². The predicted molar refractivity (Wildman–Crippen MR) is 92.1 cm³/mol. The van der Waals surface area contributed by atoms with Crippen molar-refractivity contribution < 1.29 is 9.53 Å². The fraction of sp³-hybridized carbons (Fsp3) is 0.412. The van der Waals surface area contributed by atoms with Crippen molar-refractivity contribution >= 4 is 17.7 Å². The second kappa shape index (κ2) is 7.61. The molecule has 1 fully saturated rings. The van der Waals surface area contributed by atoms with E-state index in [1.165, 1.54) is 11.8 Å². The molecule has 0 bridgehead atoms. The van der Waals surface area contributed by atoms with Gasteiger partial charge in [0.25, 0.3) is 0 Å². The van der Waals surface area contributed by atoms with Gasteiger partial charge in [-0.1, -0.05) is 0 Å². The summed E-state index contributed by atoms with van der Waals surface area (Å²) in [5.41, 5.74) is 1.77. The van der Waals surface area contributed by atoms with Gasteiger partial charge in [-0.15, -0.1) is 11.8 Å². The van der Waals surface area contributed by atoms with Crippen molar-refractivity contribution in [2.75, 3.05) is 18.8 Å². The Balaban J connectivity index is 1.50. The van der Waals surface area contributed by atoms with E-state index < -0.39 is 0 Å². The van der Waals surface area contributed by atoms with E-state index in [4.69, 9.17) is 4.74 Å². The van der Waals surface area contributed by atoms with Crippen LogP contribution in [0.4, 0.5) is 0 Å². The summed E-state index contributed by atoms with van der Waals surface area (Å²) in [7, 11) is 0. The molecule has 3 heterocycles. The average molecular weight is 344 g/mol. The van der Waals surface area contributed by atoms with Gasteiger partial charge in [-0.25, -0.2) is 9.97 Å². The van der Waals surface area contributed by atoms with Crippen LogP contribution in [0.2, 0.25) is 0 Å². The molecular formula is C17H20N4O2S. The summed E-state index contributed by atoms with van der Waals surface area (Å²) in [5.74, 6) is 0.556. The van der Waals surface area contributed by atoms with E-state index in [0.717, 1.165) is 22.7 Å². The van der Waals surface area contributed by atoms with Crippen molar-refractivity contribution in [3.63, 3.8) is 0 Å². The third-order valence-corrected chi connectivity index (χ3v) is 4.74. The molecule has 24 heavy (non-hydrogen) atoms. The molecule has 0 N–H and O–H groups in total. The second-order valence-electron chi connectivity index (χ2n) is 5.77. The van der Waals surface area contributed by atoms with Gasteiger partial charge in [-0.2, -0.15) is 0 Å². The number of thioether (sulfide) groups is 1. The zero-order chi connectivity index (χ0) is 16.9. The van der Waals surface area contributed by atoms with Crippen LogP contribution >= 0.6 is 11.8 Å². The number of amides is 1. The fourth-order valence-corrected chi connectivity index (χ4v) is 3.40. The Kier molecular flexibility index (Phi) is 5.30. The third-order valence-electron chi connectivity index (χ3n) is 3.74. The summed E-state index contributed by atoms with van der Waals surface area (Å²) >= 11 is 1.53. The molecule has 1 aliphatic heterocycles. The summed E-state index contributed by atoms with van der Waals surface area (Å²) in [6.07, 6.45) is 4.23. The molecular weight excluding hydrogens is 324 g/mol. The molecule has 0 spiro atoms. The highest BCUT2D eigenvalue weighted by atomic mass is 32.2. The SMILES string of the molecule is Cc1cc(C)nc(O[C@H]2CCN(C(=O)CSc3ccncc3)C2)n1. The van der Waals surface area contributed by atoms with E-state index in [-0.39, 0.29) is 12.0 Å². The molecule has 1 saturated heterocycles. The molecule has 2 aromatic rings. The van der Waals surface area contributed by atoms with Crippen molar-refractivity contribution in [1.29, 1.82) is 0 Å². The average Bonchev–Trinajstić information content (AvgIpc) is 3.01. The maximum atomic E-state index is 12.3. The molecule has 7 heteroatoms. The van der Waals surface area contributed by atoms with E-state index in [0.29, 0.717) is 24.9 Å². The Hall–Kier alpha value is -2.15. The third kappa shape index (κ3) is 4.44. The molecule has 1 atom stereocenters. The van der Waals surface area contributed by atoms with E-state index in [1.807, 2.05) is 36.9 Å². The number of carbonyl (C=O) groups excluding carboxylic acids is 1. The first-order chi connectivity index (χ1) is 11.6. The first-order valence-corrected chi connectivity index (χ1v) is 8.88. The van der Waals surface area contributed by atoms with Gasteiger partial charge in [0.05, 0.1) is 12.3 Å². The maximum absolute atomic E-state index is 12.3. The molecule has 0 radical (unpaired) electrons. The van der Waals surface area contributed by atoms with Crippen LogP contribution in [0.5, 0.6) is 6.01 Å². The van der Waals surface area contributed by atoms with E-state index >= 15 is 0 Å². The minimum Gasteiger partial charge on any atom is -0.458 e. The van der Waals surface area contributed by atoms with Gasteiger partial charge in [-0.3, -0.25) is 9.78 Å². The number of rotatable bonds is 5. The van der Waals surface area contributed by atoms with Crippen LogP contribution in [0, 0.1) is 13.8 Å². The van der Waals surface area contributed by atoms with Crippen LogP contribution in [0.3, 0.4) is 0 Å². The zero-order valence-corrected chi connectivity index (χ0v) is 14.6. The number of hydrogen-bond acceptors (Lipinski definition) is 6. The lowest BCUT2D eigenvalue weighted by atomic mass is 10.3. The Morgan fingerprint density at radius 2 is 2.00 bits per heavy atom. The molecule has 0 aromatic carbocycles. The van der Waals surface area contributed by atoms with Gasteiger partial charge in [0.1, 0.15) is 6.10 Å². The van der Waals surface area contributed by atoms with Gasteiger partial charge >= 0.3 is 6.01 Å². The Labute approximate surface area is 145 Å². The molecule has 2 aromatic heterocycles. The van der Waals surface area contributed by atoms with E-state index in [2.05, 4.69) is 15.0 Å². The summed E-state index contributed by atoms with van der Waals surface area (Å²) in [4.78, 5) is 27.8. The number of hydrogen-bond donors (Lipinski definition) is 0. The van der Waals surface area contributed by atoms with E-state index in [9.17, 15) is 4.79 Å². The van der Waals surface area contributed by atoms with Crippen molar-refractivity contribution in [3.8, 4) is 6.01 Å². The molecule has 1 aliphatic rings. The zero-order valence-electron chi connectivity index (χ0n) is 13.8. The largest absolute Gasteiger partial charge is 0.458 e. The molecule has 126 valence electrons. The molecule has 6 nitrogen and oxygen atoms in total. The second-order valence-corrected chi connectivity index (χ2v) is 6.82. The van der Waals surface area contributed by atoms with Gasteiger partial charge in [0.15, 0.2) is 0 Å². The quantitative estimate of drug-likeness (QED) is 0.775. The summed E-state index contributed by atoms with van der Waals surface area (Å²) in [6, 6.07) is 6.13. The number of aryl methyl sites for hydroxylation is 2. The summed E-state index contributed by atoms with van der Waals surface area (Å²) in [6.45, 7) is 5.14. The molecule has 3 rings (SSSR count). The topological polar surface area (TPSA) is 68.2 Å². The Morgan fingerprint density at radius 3 is 2.71 bits per heavy atom. The van der Waals surface area contributed by atoms with Crippen molar-refractivity contribution in [3.05, 3.63) is 42.0 Å². The number of likely N-dealkylation sites (tertiary alicyclic amines) is 1. The smallest absolute Gasteiger partial charge is 0.317 e. The lowest BCUT2D eigenvalue weighted by Gasteiger charge is -2.16. The van der Waals surface area contributed by atoms with Crippen LogP contribution in [-0.2, 0) is 4.79 Å². The van der Waals surface area contributed by atoms with Gasteiger partial charge in [0, 0.05) is 41.6 Å². The molecule has 0 unspecified atom stereocenters. The molecule has 0 aliphatic carbocycles.